The molecule has 2 heteroatoms. The van der Waals surface area contributed by atoms with Crippen LogP contribution in [0.25, 0.3) is 0 Å². The molecule has 1 nitrogen and oxygen atoms in total. The van der Waals surface area contributed by atoms with E-state index in [2.05, 4.69) is 0 Å². The third kappa shape index (κ3) is 1.62. The summed E-state index contributed by atoms with van der Waals surface area (Å²) in [5.41, 5.74) is 0.959. The highest BCUT2D eigenvalue weighted by molar-refractivity contribution is 5.82. The molecule has 2 atom stereocenters. The number of carbonyl (C=O) groups is 1. The zero-order valence-corrected chi connectivity index (χ0v) is 7.46. The molecule has 0 unspecified atom stereocenters. The average molecular weight is 178 g/mol. The van der Waals surface area contributed by atoms with E-state index in [9.17, 15) is 9.18 Å². The fraction of sp³-hybridized carbons (Fsp3) is 0.364. The van der Waals surface area contributed by atoms with Crippen LogP contribution >= 0.6 is 0 Å². The Bertz CT molecular complexity index is 346. The van der Waals surface area contributed by atoms with Crippen molar-refractivity contribution in [3.8, 4) is 0 Å². The lowest BCUT2D eigenvalue weighted by Crippen LogP contribution is -1.94. The van der Waals surface area contributed by atoms with Gasteiger partial charge >= 0.3 is 0 Å². The molecule has 1 aliphatic rings. The van der Waals surface area contributed by atoms with Gasteiger partial charge < -0.3 is 0 Å². The van der Waals surface area contributed by atoms with E-state index in [1.807, 2.05) is 6.07 Å². The molecule has 0 aliphatic heterocycles. The highest BCUT2D eigenvalue weighted by atomic mass is 19.1. The van der Waals surface area contributed by atoms with Crippen molar-refractivity contribution in [1.29, 1.82) is 0 Å². The molecule has 0 N–H and O–H groups in total. The smallest absolute Gasteiger partial charge is 0.133 e. The van der Waals surface area contributed by atoms with Gasteiger partial charge in [-0.3, -0.25) is 4.79 Å². The van der Waals surface area contributed by atoms with Gasteiger partial charge in [-0.15, -0.1) is 0 Å². The predicted octanol–water partition coefficient (Wildman–Crippen LogP) is 2.52. The van der Waals surface area contributed by atoms with E-state index < -0.39 is 0 Å². The van der Waals surface area contributed by atoms with E-state index in [1.165, 1.54) is 12.1 Å². The lowest BCUT2D eigenvalue weighted by atomic mass is 10.1. The van der Waals surface area contributed by atoms with E-state index >= 15 is 0 Å². The summed E-state index contributed by atoms with van der Waals surface area (Å²) >= 11 is 0. The lowest BCUT2D eigenvalue weighted by molar-refractivity contribution is -0.118. The molecule has 1 aromatic carbocycles. The quantitative estimate of drug-likeness (QED) is 0.680. The second kappa shape index (κ2) is 2.95. The number of hydrogen-bond acceptors (Lipinski definition) is 1. The van der Waals surface area contributed by atoms with Gasteiger partial charge in [0.2, 0.25) is 0 Å². The van der Waals surface area contributed by atoms with Gasteiger partial charge in [-0.05, 0) is 37.0 Å². The van der Waals surface area contributed by atoms with Crippen molar-refractivity contribution in [2.75, 3.05) is 0 Å². The van der Waals surface area contributed by atoms with Crippen LogP contribution in [0.3, 0.4) is 0 Å². The highest BCUT2D eigenvalue weighted by Crippen LogP contribution is 2.47. The van der Waals surface area contributed by atoms with Crippen LogP contribution in [0.5, 0.6) is 0 Å². The Labute approximate surface area is 76.6 Å². The molecule has 2 rings (SSSR count). The molecule has 1 aliphatic carbocycles. The molecular formula is C11H11FO. The molecule has 0 heterocycles. The van der Waals surface area contributed by atoms with Crippen molar-refractivity contribution in [2.24, 2.45) is 5.92 Å². The van der Waals surface area contributed by atoms with Gasteiger partial charge in [0.15, 0.2) is 0 Å². The van der Waals surface area contributed by atoms with E-state index in [1.54, 1.807) is 13.0 Å². The van der Waals surface area contributed by atoms with Crippen LogP contribution in [0.15, 0.2) is 24.3 Å². The summed E-state index contributed by atoms with van der Waals surface area (Å²) in [6.07, 6.45) is 0.888. The largest absolute Gasteiger partial charge is 0.300 e. The predicted molar refractivity (Wildman–Crippen MR) is 47.9 cm³/mol. The average Bonchev–Trinajstić information content (AvgIpc) is 2.82. The number of rotatable bonds is 2. The minimum Gasteiger partial charge on any atom is -0.300 e. The summed E-state index contributed by atoms with van der Waals surface area (Å²) in [6.45, 7) is 1.60. The molecule has 13 heavy (non-hydrogen) atoms. The lowest BCUT2D eigenvalue weighted by Gasteiger charge is -1.97. The van der Waals surface area contributed by atoms with Crippen molar-refractivity contribution in [2.45, 2.75) is 19.3 Å². The van der Waals surface area contributed by atoms with E-state index in [0.717, 1.165) is 12.0 Å². The standard InChI is InChI=1S/C11H11FO/c1-7(13)10-6-11(10)8-3-2-4-9(12)5-8/h2-5,10-11H,6H2,1H3/t10-,11-/m1/s1. The van der Waals surface area contributed by atoms with Crippen LogP contribution in [0.2, 0.25) is 0 Å². The topological polar surface area (TPSA) is 17.1 Å². The monoisotopic (exact) mass is 178 g/mol. The Morgan fingerprint density at radius 3 is 2.85 bits per heavy atom. The first kappa shape index (κ1) is 8.42. The summed E-state index contributed by atoms with van der Waals surface area (Å²) in [6, 6.07) is 6.53. The van der Waals surface area contributed by atoms with Crippen molar-refractivity contribution in [3.63, 3.8) is 0 Å². The first-order chi connectivity index (χ1) is 6.18. The molecule has 0 saturated heterocycles. The zero-order chi connectivity index (χ0) is 9.42. The van der Waals surface area contributed by atoms with Crippen LogP contribution in [-0.4, -0.2) is 5.78 Å². The van der Waals surface area contributed by atoms with Gasteiger partial charge in [0.05, 0.1) is 0 Å². The number of hydrogen-bond donors (Lipinski definition) is 0. The number of halogens is 1. The molecule has 1 aromatic rings. The van der Waals surface area contributed by atoms with Gasteiger partial charge in [-0.25, -0.2) is 4.39 Å². The number of Topliss-reactive ketones (excluding diaryl/α,β-unsaturated/α-hetero) is 1. The van der Waals surface area contributed by atoms with Gasteiger partial charge in [0.1, 0.15) is 11.6 Å². The highest BCUT2D eigenvalue weighted by Gasteiger charge is 2.41. The van der Waals surface area contributed by atoms with Crippen molar-refractivity contribution in [3.05, 3.63) is 35.6 Å². The Morgan fingerprint density at radius 2 is 2.31 bits per heavy atom. The molecule has 0 bridgehead atoms. The van der Waals surface area contributed by atoms with Crippen LogP contribution < -0.4 is 0 Å². The second-order valence-corrected chi connectivity index (χ2v) is 3.61. The summed E-state index contributed by atoms with van der Waals surface area (Å²) in [5.74, 6) is 0.413. The van der Waals surface area contributed by atoms with Crippen LogP contribution in [-0.2, 0) is 4.79 Å². The van der Waals surface area contributed by atoms with E-state index in [0.29, 0.717) is 0 Å². The van der Waals surface area contributed by atoms with Crippen molar-refractivity contribution >= 4 is 5.78 Å². The maximum Gasteiger partial charge on any atom is 0.133 e. The molecule has 0 amide bonds. The van der Waals surface area contributed by atoms with Gasteiger partial charge in [-0.2, -0.15) is 0 Å². The summed E-state index contributed by atoms with van der Waals surface area (Å²) < 4.78 is 12.8. The van der Waals surface area contributed by atoms with E-state index in [4.69, 9.17) is 0 Å². The van der Waals surface area contributed by atoms with Gasteiger partial charge in [0.25, 0.3) is 0 Å². The van der Waals surface area contributed by atoms with Crippen molar-refractivity contribution in [1.82, 2.24) is 0 Å². The van der Waals surface area contributed by atoms with Gasteiger partial charge in [-0.1, -0.05) is 12.1 Å². The van der Waals surface area contributed by atoms with Crippen LogP contribution in [0.1, 0.15) is 24.8 Å². The first-order valence-corrected chi connectivity index (χ1v) is 4.44. The molecular weight excluding hydrogens is 167 g/mol. The maximum atomic E-state index is 12.8. The third-order valence-corrected chi connectivity index (χ3v) is 2.59. The second-order valence-electron chi connectivity index (χ2n) is 3.61. The Morgan fingerprint density at radius 1 is 1.54 bits per heavy atom. The molecule has 1 fully saturated rings. The van der Waals surface area contributed by atoms with Crippen molar-refractivity contribution < 1.29 is 9.18 Å². The Hall–Kier alpha value is -1.18. The minimum absolute atomic E-state index is 0.141. The number of ketones is 1. The van der Waals surface area contributed by atoms with Crippen LogP contribution in [0, 0.1) is 11.7 Å². The normalized spacial score (nSPS) is 25.7. The summed E-state index contributed by atoms with van der Waals surface area (Å²) in [7, 11) is 0. The fourth-order valence-corrected chi connectivity index (χ4v) is 1.75. The van der Waals surface area contributed by atoms with Crippen LogP contribution in [0.4, 0.5) is 4.39 Å². The number of benzene rings is 1. The molecule has 0 spiro atoms. The van der Waals surface area contributed by atoms with Gasteiger partial charge in [0, 0.05) is 5.92 Å². The Kier molecular flexibility index (Phi) is 1.91. The third-order valence-electron chi connectivity index (χ3n) is 2.59. The first-order valence-electron chi connectivity index (χ1n) is 4.44. The molecule has 0 radical (unpaired) electrons. The number of carbonyl (C=O) groups excluding carboxylic acids is 1. The minimum atomic E-state index is -0.216. The molecule has 68 valence electrons. The SMILES string of the molecule is CC(=O)[C@H]1C[C@@H]1c1cccc(F)c1. The maximum absolute atomic E-state index is 12.8. The summed E-state index contributed by atoms with van der Waals surface area (Å²) in [5, 5.41) is 0. The van der Waals surface area contributed by atoms with E-state index in [-0.39, 0.29) is 23.4 Å². The summed E-state index contributed by atoms with van der Waals surface area (Å²) in [4.78, 5) is 11.0. The molecule has 1 saturated carbocycles. The molecule has 0 aromatic heterocycles. The zero-order valence-electron chi connectivity index (χ0n) is 7.46. The fourth-order valence-electron chi connectivity index (χ4n) is 1.75. The Balaban J connectivity index is 2.16.